The molecule has 1 aromatic carbocycles. The van der Waals surface area contributed by atoms with Gasteiger partial charge in [0.1, 0.15) is 18.5 Å². The van der Waals surface area contributed by atoms with Crippen LogP contribution in [0.3, 0.4) is 0 Å². The SMILES string of the molecule is Cc1ccc(OC[C@@H](O)CN2CCC(Cn3cccn3)CC2)cc1. The van der Waals surface area contributed by atoms with E-state index in [4.69, 9.17) is 4.74 Å². The van der Waals surface area contributed by atoms with Crippen molar-refractivity contribution in [2.75, 3.05) is 26.2 Å². The minimum Gasteiger partial charge on any atom is -0.491 e. The molecule has 0 unspecified atom stereocenters. The number of aliphatic hydroxyl groups excluding tert-OH is 1. The summed E-state index contributed by atoms with van der Waals surface area (Å²) in [6.07, 6.45) is 5.73. The number of aromatic nitrogens is 2. The Morgan fingerprint density at radius 3 is 2.67 bits per heavy atom. The molecule has 1 aliphatic heterocycles. The van der Waals surface area contributed by atoms with Gasteiger partial charge in [-0.1, -0.05) is 17.7 Å². The Morgan fingerprint density at radius 1 is 1.25 bits per heavy atom. The minimum atomic E-state index is -0.450. The lowest BCUT2D eigenvalue weighted by Crippen LogP contribution is -2.41. The Kier molecular flexibility index (Phi) is 5.88. The molecule has 1 saturated heterocycles. The average Bonchev–Trinajstić information content (AvgIpc) is 3.09. The molecule has 1 aromatic heterocycles. The zero-order valence-electron chi connectivity index (χ0n) is 14.3. The number of piperidine rings is 1. The van der Waals surface area contributed by atoms with Crippen LogP contribution in [0.5, 0.6) is 5.75 Å². The van der Waals surface area contributed by atoms with Crippen molar-refractivity contribution >= 4 is 0 Å². The maximum absolute atomic E-state index is 10.2. The highest BCUT2D eigenvalue weighted by atomic mass is 16.5. The number of aryl methyl sites for hydroxylation is 1. The molecule has 3 rings (SSSR count). The van der Waals surface area contributed by atoms with Crippen LogP contribution in [0.15, 0.2) is 42.7 Å². The van der Waals surface area contributed by atoms with Gasteiger partial charge >= 0.3 is 0 Å². The Labute approximate surface area is 143 Å². The summed E-state index contributed by atoms with van der Waals surface area (Å²) in [4.78, 5) is 2.34. The molecule has 24 heavy (non-hydrogen) atoms. The first-order chi connectivity index (χ1) is 11.7. The number of β-amino-alcohol motifs (C(OH)–C–C–N with tert-alkyl or cyclic N) is 1. The van der Waals surface area contributed by atoms with Crippen LogP contribution in [0.1, 0.15) is 18.4 Å². The quantitative estimate of drug-likeness (QED) is 0.847. The van der Waals surface area contributed by atoms with Gasteiger partial charge in [-0.3, -0.25) is 4.68 Å². The fraction of sp³-hybridized carbons (Fsp3) is 0.526. The second kappa shape index (κ2) is 8.31. The van der Waals surface area contributed by atoms with Gasteiger partial charge in [0.15, 0.2) is 0 Å². The topological polar surface area (TPSA) is 50.5 Å². The zero-order chi connectivity index (χ0) is 16.8. The Hall–Kier alpha value is -1.85. The molecular weight excluding hydrogens is 302 g/mol. The molecule has 5 nitrogen and oxygen atoms in total. The van der Waals surface area contributed by atoms with E-state index in [0.717, 1.165) is 38.2 Å². The van der Waals surface area contributed by atoms with E-state index in [2.05, 4.69) is 16.9 Å². The first-order valence-corrected chi connectivity index (χ1v) is 8.76. The van der Waals surface area contributed by atoms with Gasteiger partial charge < -0.3 is 14.7 Å². The molecular formula is C19H27N3O2. The van der Waals surface area contributed by atoms with Gasteiger partial charge in [0.05, 0.1) is 0 Å². The van der Waals surface area contributed by atoms with Crippen molar-refractivity contribution in [1.29, 1.82) is 0 Å². The van der Waals surface area contributed by atoms with Gasteiger partial charge in [0.2, 0.25) is 0 Å². The molecule has 1 aliphatic rings. The van der Waals surface area contributed by atoms with Gasteiger partial charge in [0.25, 0.3) is 0 Å². The Morgan fingerprint density at radius 2 is 2.00 bits per heavy atom. The molecule has 0 bridgehead atoms. The lowest BCUT2D eigenvalue weighted by atomic mass is 9.96. The summed E-state index contributed by atoms with van der Waals surface area (Å²) < 4.78 is 7.69. The molecule has 1 fully saturated rings. The van der Waals surface area contributed by atoms with E-state index in [1.165, 1.54) is 5.56 Å². The molecule has 2 aromatic rings. The normalized spacial score (nSPS) is 17.8. The summed E-state index contributed by atoms with van der Waals surface area (Å²) in [6.45, 7) is 6.15. The van der Waals surface area contributed by atoms with Crippen LogP contribution in [0, 0.1) is 12.8 Å². The summed E-state index contributed by atoms with van der Waals surface area (Å²) in [5, 5.41) is 14.5. The average molecular weight is 329 g/mol. The second-order valence-corrected chi connectivity index (χ2v) is 6.75. The Balaban J connectivity index is 1.35. The summed E-state index contributed by atoms with van der Waals surface area (Å²) in [7, 11) is 0. The van der Waals surface area contributed by atoms with E-state index < -0.39 is 6.10 Å². The van der Waals surface area contributed by atoms with Crippen LogP contribution in [-0.4, -0.2) is 52.1 Å². The van der Waals surface area contributed by atoms with E-state index in [9.17, 15) is 5.11 Å². The van der Waals surface area contributed by atoms with Crippen molar-refractivity contribution in [3.8, 4) is 5.75 Å². The minimum absolute atomic E-state index is 0.344. The van der Waals surface area contributed by atoms with Gasteiger partial charge in [0, 0.05) is 25.5 Å². The molecule has 1 N–H and O–H groups in total. The van der Waals surface area contributed by atoms with E-state index in [-0.39, 0.29) is 0 Å². The number of aliphatic hydroxyl groups is 1. The third kappa shape index (κ3) is 5.08. The number of rotatable bonds is 7. The van der Waals surface area contributed by atoms with Gasteiger partial charge in [-0.05, 0) is 57.0 Å². The highest BCUT2D eigenvalue weighted by molar-refractivity contribution is 5.26. The van der Waals surface area contributed by atoms with Crippen LogP contribution in [-0.2, 0) is 6.54 Å². The highest BCUT2D eigenvalue weighted by Crippen LogP contribution is 2.19. The first-order valence-electron chi connectivity index (χ1n) is 8.76. The number of ether oxygens (including phenoxy) is 1. The van der Waals surface area contributed by atoms with Gasteiger partial charge in [-0.15, -0.1) is 0 Å². The van der Waals surface area contributed by atoms with Crippen LogP contribution < -0.4 is 4.74 Å². The fourth-order valence-corrected chi connectivity index (χ4v) is 3.20. The number of benzene rings is 1. The van der Waals surface area contributed by atoms with Crippen LogP contribution in [0.25, 0.3) is 0 Å². The molecule has 0 spiro atoms. The maximum Gasteiger partial charge on any atom is 0.119 e. The zero-order valence-corrected chi connectivity index (χ0v) is 14.3. The second-order valence-electron chi connectivity index (χ2n) is 6.75. The third-order valence-electron chi connectivity index (χ3n) is 4.64. The summed E-state index contributed by atoms with van der Waals surface area (Å²) in [5.41, 5.74) is 1.21. The molecule has 0 amide bonds. The van der Waals surface area contributed by atoms with Crippen LogP contribution >= 0.6 is 0 Å². The van der Waals surface area contributed by atoms with Crippen LogP contribution in [0.4, 0.5) is 0 Å². The molecule has 0 radical (unpaired) electrons. The predicted molar refractivity (Wildman–Crippen MR) is 94.1 cm³/mol. The van der Waals surface area contributed by atoms with Crippen LogP contribution in [0.2, 0.25) is 0 Å². The lowest BCUT2D eigenvalue weighted by Gasteiger charge is -2.33. The monoisotopic (exact) mass is 329 g/mol. The smallest absolute Gasteiger partial charge is 0.119 e. The Bertz CT molecular complexity index is 590. The predicted octanol–water partition coefficient (Wildman–Crippen LogP) is 2.34. The number of hydrogen-bond acceptors (Lipinski definition) is 4. The van der Waals surface area contributed by atoms with Crippen molar-refractivity contribution in [2.24, 2.45) is 5.92 Å². The van der Waals surface area contributed by atoms with Crippen molar-refractivity contribution < 1.29 is 9.84 Å². The molecule has 2 heterocycles. The van der Waals surface area contributed by atoms with Crippen molar-refractivity contribution in [2.45, 2.75) is 32.4 Å². The standard InChI is InChI=1S/C19H27N3O2/c1-16-3-5-19(6-4-16)24-15-18(23)14-21-11-7-17(8-12-21)13-22-10-2-9-20-22/h2-6,9-10,17-18,23H,7-8,11-15H2,1H3/t18-/m0/s1. The molecule has 0 aliphatic carbocycles. The summed E-state index contributed by atoms with van der Waals surface area (Å²) >= 11 is 0. The van der Waals surface area contributed by atoms with E-state index in [1.807, 2.05) is 47.4 Å². The molecule has 0 saturated carbocycles. The fourth-order valence-electron chi connectivity index (χ4n) is 3.20. The van der Waals surface area contributed by atoms with Crippen molar-refractivity contribution in [3.63, 3.8) is 0 Å². The number of nitrogens with zero attached hydrogens (tertiary/aromatic N) is 3. The maximum atomic E-state index is 10.2. The molecule has 5 heteroatoms. The van der Waals surface area contributed by atoms with E-state index in [0.29, 0.717) is 19.1 Å². The van der Waals surface area contributed by atoms with Gasteiger partial charge in [-0.2, -0.15) is 5.10 Å². The van der Waals surface area contributed by atoms with E-state index in [1.54, 1.807) is 0 Å². The first kappa shape index (κ1) is 17.0. The largest absolute Gasteiger partial charge is 0.491 e. The molecule has 1 atom stereocenters. The summed E-state index contributed by atoms with van der Waals surface area (Å²) in [5.74, 6) is 1.50. The lowest BCUT2D eigenvalue weighted by molar-refractivity contribution is 0.0534. The number of hydrogen-bond donors (Lipinski definition) is 1. The van der Waals surface area contributed by atoms with Crippen molar-refractivity contribution in [1.82, 2.24) is 14.7 Å². The number of likely N-dealkylation sites (tertiary alicyclic amines) is 1. The third-order valence-corrected chi connectivity index (χ3v) is 4.64. The van der Waals surface area contributed by atoms with Crippen molar-refractivity contribution in [3.05, 3.63) is 48.3 Å². The van der Waals surface area contributed by atoms with E-state index >= 15 is 0 Å². The highest BCUT2D eigenvalue weighted by Gasteiger charge is 2.21. The van der Waals surface area contributed by atoms with Gasteiger partial charge in [-0.25, -0.2) is 0 Å². The molecule has 130 valence electrons. The summed E-state index contributed by atoms with van der Waals surface area (Å²) in [6, 6.07) is 9.91.